The zero-order chi connectivity index (χ0) is 14.6. The minimum absolute atomic E-state index is 0.00214. The molecule has 4 fully saturated rings. The van der Waals surface area contributed by atoms with Crippen molar-refractivity contribution in [1.82, 2.24) is 0 Å². The normalized spacial score (nSPS) is 45.8. The Morgan fingerprint density at radius 1 is 1.10 bits per heavy atom. The lowest BCUT2D eigenvalue weighted by molar-refractivity contribution is -0.590. The third-order valence-corrected chi connectivity index (χ3v) is 5.65. The first kappa shape index (κ1) is 14.3. The van der Waals surface area contributed by atoms with Gasteiger partial charge in [-0.15, -0.1) is 0 Å². The lowest BCUT2D eigenvalue weighted by atomic mass is 9.55. The number of methoxy groups -OCH3 is 1. The molecule has 20 heavy (non-hydrogen) atoms. The monoisotopic (exact) mass is 284 g/mol. The second kappa shape index (κ2) is 4.18. The van der Waals surface area contributed by atoms with Gasteiger partial charge in [-0.05, 0) is 38.0 Å². The fourth-order valence-electron chi connectivity index (χ4n) is 4.45. The molecule has 3 saturated heterocycles. The molecule has 0 amide bonds. The Kier molecular flexibility index (Phi) is 2.99. The molecular formula is C15H24O5. The van der Waals surface area contributed by atoms with Crippen molar-refractivity contribution in [3.8, 4) is 0 Å². The van der Waals surface area contributed by atoms with Crippen LogP contribution in [0.3, 0.4) is 0 Å². The van der Waals surface area contributed by atoms with Crippen molar-refractivity contribution in [3.63, 3.8) is 0 Å². The average molecular weight is 284 g/mol. The van der Waals surface area contributed by atoms with Crippen LogP contribution in [0.5, 0.6) is 0 Å². The first-order valence-corrected chi connectivity index (χ1v) is 7.42. The van der Waals surface area contributed by atoms with Crippen LogP contribution in [0.1, 0.15) is 59.3 Å². The van der Waals surface area contributed by atoms with Gasteiger partial charge in [0.05, 0.1) is 7.11 Å². The number of esters is 1. The summed E-state index contributed by atoms with van der Waals surface area (Å²) in [7, 11) is 1.38. The molecule has 3 heterocycles. The van der Waals surface area contributed by atoms with E-state index < -0.39 is 17.0 Å². The van der Waals surface area contributed by atoms with Crippen LogP contribution in [0.25, 0.3) is 0 Å². The largest absolute Gasteiger partial charge is 0.469 e. The fourth-order valence-corrected chi connectivity index (χ4v) is 4.45. The van der Waals surface area contributed by atoms with E-state index in [4.69, 9.17) is 19.2 Å². The van der Waals surface area contributed by atoms with Crippen molar-refractivity contribution in [2.45, 2.75) is 76.3 Å². The van der Waals surface area contributed by atoms with Crippen molar-refractivity contribution in [3.05, 3.63) is 0 Å². The van der Waals surface area contributed by atoms with Crippen LogP contribution in [-0.4, -0.2) is 30.1 Å². The molecule has 3 atom stereocenters. The maximum absolute atomic E-state index is 11.6. The molecule has 5 nitrogen and oxygen atoms in total. The molecule has 2 bridgehead atoms. The highest BCUT2D eigenvalue weighted by molar-refractivity contribution is 5.70. The third kappa shape index (κ3) is 1.69. The molecule has 4 aliphatic rings. The smallest absolute Gasteiger partial charge is 0.311 e. The zero-order valence-corrected chi connectivity index (χ0v) is 12.8. The molecule has 1 spiro atoms. The van der Waals surface area contributed by atoms with Gasteiger partial charge in [0.15, 0.2) is 0 Å². The summed E-state index contributed by atoms with van der Waals surface area (Å²) in [5.41, 5.74) is -0.826. The SMILES string of the molecule is COC(=O)CC12CCC3(OO1)C(C)(C)CCCC3(C)O2. The Hall–Kier alpha value is -0.650. The molecule has 1 aliphatic carbocycles. The first-order valence-electron chi connectivity index (χ1n) is 7.42. The summed E-state index contributed by atoms with van der Waals surface area (Å²) in [5, 5.41) is 0. The number of rotatable bonds is 2. The standard InChI is InChI=1S/C15H24O5/c1-12(2)6-5-7-13(3)15(12)9-8-14(18-13,19-20-15)10-11(16)17-4/h5-10H2,1-4H3. The van der Waals surface area contributed by atoms with E-state index in [1.165, 1.54) is 7.11 Å². The van der Waals surface area contributed by atoms with Crippen LogP contribution >= 0.6 is 0 Å². The number of carbonyl (C=O) groups excluding carboxylic acids is 1. The summed E-state index contributed by atoms with van der Waals surface area (Å²) in [6.07, 6.45) is 4.73. The summed E-state index contributed by atoms with van der Waals surface area (Å²) < 4.78 is 11.1. The van der Waals surface area contributed by atoms with Crippen LogP contribution in [0, 0.1) is 5.41 Å². The van der Waals surface area contributed by atoms with E-state index in [-0.39, 0.29) is 17.8 Å². The Labute approximate surface area is 119 Å². The van der Waals surface area contributed by atoms with Crippen LogP contribution in [0.15, 0.2) is 0 Å². The zero-order valence-electron chi connectivity index (χ0n) is 12.8. The fraction of sp³-hybridized carbons (Fsp3) is 0.933. The quantitative estimate of drug-likeness (QED) is 0.576. The molecule has 0 aromatic heterocycles. The maximum Gasteiger partial charge on any atom is 0.311 e. The van der Waals surface area contributed by atoms with Crippen LogP contribution in [0.4, 0.5) is 0 Å². The van der Waals surface area contributed by atoms with Crippen molar-refractivity contribution < 1.29 is 24.0 Å². The molecule has 1 saturated carbocycles. The summed E-state index contributed by atoms with van der Waals surface area (Å²) >= 11 is 0. The van der Waals surface area contributed by atoms with Crippen LogP contribution in [-0.2, 0) is 24.0 Å². The van der Waals surface area contributed by atoms with Crippen molar-refractivity contribution >= 4 is 5.97 Å². The van der Waals surface area contributed by atoms with E-state index in [2.05, 4.69) is 20.8 Å². The van der Waals surface area contributed by atoms with Gasteiger partial charge >= 0.3 is 5.97 Å². The molecule has 4 rings (SSSR count). The van der Waals surface area contributed by atoms with Gasteiger partial charge in [-0.3, -0.25) is 4.79 Å². The van der Waals surface area contributed by atoms with Crippen LogP contribution < -0.4 is 0 Å². The maximum atomic E-state index is 11.6. The molecule has 3 aliphatic heterocycles. The number of hydrogen-bond donors (Lipinski definition) is 0. The summed E-state index contributed by atoms with van der Waals surface area (Å²) in [6, 6.07) is 0. The lowest BCUT2D eigenvalue weighted by Crippen LogP contribution is -2.75. The van der Waals surface area contributed by atoms with Gasteiger partial charge in [0.1, 0.15) is 17.6 Å². The molecule has 5 heteroatoms. The second-order valence-electron chi connectivity index (χ2n) is 7.23. The van der Waals surface area contributed by atoms with Gasteiger partial charge in [0.2, 0.25) is 5.79 Å². The molecule has 0 radical (unpaired) electrons. The Morgan fingerprint density at radius 3 is 2.45 bits per heavy atom. The first-order chi connectivity index (χ1) is 9.28. The van der Waals surface area contributed by atoms with Crippen molar-refractivity contribution in [2.24, 2.45) is 5.41 Å². The number of carbonyl (C=O) groups is 1. The predicted molar refractivity (Wildman–Crippen MR) is 70.6 cm³/mol. The molecule has 3 unspecified atom stereocenters. The van der Waals surface area contributed by atoms with Gasteiger partial charge in [0, 0.05) is 6.42 Å². The minimum atomic E-state index is -0.975. The van der Waals surface area contributed by atoms with Gasteiger partial charge < -0.3 is 9.47 Å². The van der Waals surface area contributed by atoms with E-state index in [0.29, 0.717) is 6.42 Å². The highest BCUT2D eigenvalue weighted by atomic mass is 17.3. The molecular weight excluding hydrogens is 260 g/mol. The topological polar surface area (TPSA) is 54.0 Å². The highest BCUT2D eigenvalue weighted by Crippen LogP contribution is 2.63. The highest BCUT2D eigenvalue weighted by Gasteiger charge is 2.71. The van der Waals surface area contributed by atoms with Crippen LogP contribution in [0.2, 0.25) is 0 Å². The number of fused-ring (bicyclic) bond motifs is 2. The third-order valence-electron chi connectivity index (χ3n) is 5.65. The molecule has 0 aromatic carbocycles. The van der Waals surface area contributed by atoms with E-state index in [1.54, 1.807) is 0 Å². The summed E-state index contributed by atoms with van der Waals surface area (Å²) in [4.78, 5) is 23.1. The average Bonchev–Trinajstić information content (AvgIpc) is 2.37. The van der Waals surface area contributed by atoms with E-state index in [0.717, 1.165) is 25.7 Å². The van der Waals surface area contributed by atoms with Gasteiger partial charge in [0.25, 0.3) is 0 Å². The van der Waals surface area contributed by atoms with E-state index in [1.807, 2.05) is 0 Å². The second-order valence-corrected chi connectivity index (χ2v) is 7.23. The molecule has 114 valence electrons. The van der Waals surface area contributed by atoms with E-state index >= 15 is 0 Å². The summed E-state index contributed by atoms with van der Waals surface area (Å²) in [5.74, 6) is -1.31. The summed E-state index contributed by atoms with van der Waals surface area (Å²) in [6.45, 7) is 6.53. The van der Waals surface area contributed by atoms with Gasteiger partial charge in [-0.25, -0.2) is 4.89 Å². The number of ether oxygens (including phenoxy) is 2. The Bertz CT molecular complexity index is 422. The van der Waals surface area contributed by atoms with Crippen molar-refractivity contribution in [1.29, 1.82) is 0 Å². The minimum Gasteiger partial charge on any atom is -0.469 e. The molecule has 0 N–H and O–H groups in total. The Morgan fingerprint density at radius 2 is 1.85 bits per heavy atom. The van der Waals surface area contributed by atoms with Crippen molar-refractivity contribution in [2.75, 3.05) is 7.11 Å². The predicted octanol–water partition coefficient (Wildman–Crippen LogP) is 2.73. The Balaban J connectivity index is 1.92. The molecule has 0 aromatic rings. The van der Waals surface area contributed by atoms with Gasteiger partial charge in [-0.1, -0.05) is 13.8 Å². The number of hydrogen-bond acceptors (Lipinski definition) is 5. The lowest BCUT2D eigenvalue weighted by Gasteiger charge is -2.67. The van der Waals surface area contributed by atoms with Gasteiger partial charge in [-0.2, -0.15) is 4.89 Å². The van der Waals surface area contributed by atoms with E-state index in [9.17, 15) is 4.79 Å².